The second-order valence-corrected chi connectivity index (χ2v) is 6.88. The molecule has 2 rings (SSSR count). The van der Waals surface area contributed by atoms with E-state index >= 15 is 0 Å². The summed E-state index contributed by atoms with van der Waals surface area (Å²) in [5, 5.41) is 4.07. The average Bonchev–Trinajstić information content (AvgIpc) is 2.64. The SMILES string of the molecule is Cc1cc(COc2c(F)cc(F)cc2S(=O)(=O)Cl)n(C)n1. The largest absolute Gasteiger partial charge is 0.483 e. The number of hydrogen-bond acceptors (Lipinski definition) is 4. The highest BCUT2D eigenvalue weighted by Gasteiger charge is 2.23. The third kappa shape index (κ3) is 3.51. The zero-order valence-corrected chi connectivity index (χ0v) is 12.7. The van der Waals surface area contributed by atoms with Crippen molar-refractivity contribution in [2.45, 2.75) is 18.4 Å². The second kappa shape index (κ2) is 5.61. The summed E-state index contributed by atoms with van der Waals surface area (Å²) in [6.07, 6.45) is 0. The van der Waals surface area contributed by atoms with Gasteiger partial charge in [-0.2, -0.15) is 5.10 Å². The maximum atomic E-state index is 13.7. The van der Waals surface area contributed by atoms with Crippen molar-refractivity contribution in [3.63, 3.8) is 0 Å². The van der Waals surface area contributed by atoms with Crippen LogP contribution in [0.2, 0.25) is 0 Å². The van der Waals surface area contributed by atoms with Gasteiger partial charge in [-0.05, 0) is 19.1 Å². The van der Waals surface area contributed by atoms with Gasteiger partial charge in [-0.25, -0.2) is 17.2 Å². The molecule has 1 heterocycles. The molecule has 0 aliphatic carbocycles. The Balaban J connectivity index is 2.38. The molecule has 114 valence electrons. The van der Waals surface area contributed by atoms with Gasteiger partial charge in [-0.3, -0.25) is 4.68 Å². The minimum Gasteiger partial charge on any atom is -0.483 e. The average molecular weight is 337 g/mol. The van der Waals surface area contributed by atoms with Crippen LogP contribution in [-0.2, 0) is 22.7 Å². The van der Waals surface area contributed by atoms with E-state index in [9.17, 15) is 17.2 Å². The third-order valence-corrected chi connectivity index (χ3v) is 4.03. The van der Waals surface area contributed by atoms with Gasteiger partial charge in [0, 0.05) is 23.8 Å². The van der Waals surface area contributed by atoms with E-state index in [2.05, 4.69) is 5.10 Å². The van der Waals surface area contributed by atoms with Crippen molar-refractivity contribution in [1.29, 1.82) is 0 Å². The van der Waals surface area contributed by atoms with Crippen LogP contribution in [0.3, 0.4) is 0 Å². The zero-order valence-electron chi connectivity index (χ0n) is 11.1. The Morgan fingerprint density at radius 1 is 1.33 bits per heavy atom. The van der Waals surface area contributed by atoms with Gasteiger partial charge in [-0.15, -0.1) is 0 Å². The summed E-state index contributed by atoms with van der Waals surface area (Å²) >= 11 is 0. The lowest BCUT2D eigenvalue weighted by Gasteiger charge is -2.11. The van der Waals surface area contributed by atoms with E-state index in [1.54, 1.807) is 20.0 Å². The molecular formula is C12H11ClF2N2O3S. The molecule has 0 atom stereocenters. The minimum absolute atomic E-state index is 0.140. The lowest BCUT2D eigenvalue weighted by molar-refractivity contribution is 0.271. The summed E-state index contributed by atoms with van der Waals surface area (Å²) in [6.45, 7) is 1.62. The zero-order chi connectivity index (χ0) is 15.8. The van der Waals surface area contributed by atoms with Crippen LogP contribution in [0.5, 0.6) is 5.75 Å². The van der Waals surface area contributed by atoms with Crippen LogP contribution >= 0.6 is 10.7 Å². The second-order valence-electron chi connectivity index (χ2n) is 4.34. The monoisotopic (exact) mass is 336 g/mol. The molecule has 0 amide bonds. The Bertz CT molecular complexity index is 790. The van der Waals surface area contributed by atoms with E-state index in [0.717, 1.165) is 5.69 Å². The quantitative estimate of drug-likeness (QED) is 0.805. The van der Waals surface area contributed by atoms with Crippen LogP contribution in [0.4, 0.5) is 8.78 Å². The number of rotatable bonds is 4. The smallest absolute Gasteiger partial charge is 0.265 e. The summed E-state index contributed by atoms with van der Waals surface area (Å²) in [5.41, 5.74) is 1.31. The van der Waals surface area contributed by atoms with Gasteiger partial charge >= 0.3 is 0 Å². The molecule has 0 saturated heterocycles. The molecule has 1 aromatic carbocycles. The van der Waals surface area contributed by atoms with Gasteiger partial charge in [0.1, 0.15) is 17.3 Å². The van der Waals surface area contributed by atoms with Gasteiger partial charge in [0.15, 0.2) is 11.6 Å². The molecule has 0 aliphatic rings. The maximum Gasteiger partial charge on any atom is 0.265 e. The van der Waals surface area contributed by atoms with Crippen LogP contribution in [0, 0.1) is 18.6 Å². The highest BCUT2D eigenvalue weighted by Crippen LogP contribution is 2.31. The first-order valence-corrected chi connectivity index (χ1v) is 8.05. The first-order valence-electron chi connectivity index (χ1n) is 5.74. The fourth-order valence-corrected chi connectivity index (χ4v) is 2.78. The normalized spacial score (nSPS) is 11.7. The molecule has 0 unspecified atom stereocenters. The highest BCUT2D eigenvalue weighted by molar-refractivity contribution is 8.13. The minimum atomic E-state index is -4.34. The summed E-state index contributed by atoms with van der Waals surface area (Å²) < 4.78 is 56.3. The van der Waals surface area contributed by atoms with E-state index < -0.39 is 31.3 Å². The number of aryl methyl sites for hydroxylation is 2. The van der Waals surface area contributed by atoms with Crippen molar-refractivity contribution >= 4 is 19.7 Å². The van der Waals surface area contributed by atoms with Crippen molar-refractivity contribution in [3.05, 3.63) is 41.2 Å². The summed E-state index contributed by atoms with van der Waals surface area (Å²) in [4.78, 5) is -0.749. The predicted molar refractivity (Wildman–Crippen MR) is 71.7 cm³/mol. The van der Waals surface area contributed by atoms with Crippen molar-refractivity contribution in [2.24, 2.45) is 7.05 Å². The van der Waals surface area contributed by atoms with Crippen molar-refractivity contribution in [1.82, 2.24) is 9.78 Å². The van der Waals surface area contributed by atoms with Crippen LogP contribution in [0.15, 0.2) is 23.1 Å². The van der Waals surface area contributed by atoms with E-state index in [0.29, 0.717) is 17.8 Å². The molecule has 21 heavy (non-hydrogen) atoms. The van der Waals surface area contributed by atoms with Gasteiger partial charge in [0.2, 0.25) is 0 Å². The predicted octanol–water partition coefficient (Wildman–Crippen LogP) is 2.51. The van der Waals surface area contributed by atoms with Crippen LogP contribution in [0.1, 0.15) is 11.4 Å². The molecule has 0 N–H and O–H groups in total. The molecule has 0 bridgehead atoms. The topological polar surface area (TPSA) is 61.2 Å². The van der Waals surface area contributed by atoms with Crippen LogP contribution in [-0.4, -0.2) is 18.2 Å². The highest BCUT2D eigenvalue weighted by atomic mass is 35.7. The Hall–Kier alpha value is -1.67. The van der Waals surface area contributed by atoms with E-state index in [1.165, 1.54) is 4.68 Å². The molecule has 2 aromatic rings. The van der Waals surface area contributed by atoms with Crippen LogP contribution < -0.4 is 4.74 Å². The Morgan fingerprint density at radius 3 is 2.52 bits per heavy atom. The van der Waals surface area contributed by atoms with Gasteiger partial charge in [0.25, 0.3) is 9.05 Å². The molecule has 0 saturated carbocycles. The summed E-state index contributed by atoms with van der Waals surface area (Å²) in [5.74, 6) is -2.83. The molecule has 0 radical (unpaired) electrons. The lowest BCUT2D eigenvalue weighted by atomic mass is 10.3. The molecular weight excluding hydrogens is 326 g/mol. The van der Waals surface area contributed by atoms with Crippen molar-refractivity contribution in [2.75, 3.05) is 0 Å². The molecule has 0 fully saturated rings. The molecule has 9 heteroatoms. The fourth-order valence-electron chi connectivity index (χ4n) is 1.80. The molecule has 0 aliphatic heterocycles. The van der Waals surface area contributed by atoms with Crippen LogP contribution in [0.25, 0.3) is 0 Å². The Kier molecular flexibility index (Phi) is 4.20. The Morgan fingerprint density at radius 2 is 2.00 bits per heavy atom. The first kappa shape index (κ1) is 15.7. The standard InChI is InChI=1S/C12H11ClF2N2O3S/c1-7-3-9(17(2)16-7)6-20-12-10(15)4-8(14)5-11(12)21(13,18)19/h3-5H,6H2,1-2H3. The van der Waals surface area contributed by atoms with E-state index in [1.807, 2.05) is 0 Å². The maximum absolute atomic E-state index is 13.7. The van der Waals surface area contributed by atoms with Gasteiger partial charge < -0.3 is 4.74 Å². The molecule has 0 spiro atoms. The Labute approximate surface area is 124 Å². The summed E-state index contributed by atoms with van der Waals surface area (Å²) in [6, 6.07) is 2.82. The first-order chi connectivity index (χ1) is 9.68. The van der Waals surface area contributed by atoms with Crippen molar-refractivity contribution < 1.29 is 21.9 Å². The van der Waals surface area contributed by atoms with Gasteiger partial charge in [0.05, 0.1) is 11.4 Å². The fraction of sp³-hybridized carbons (Fsp3) is 0.250. The number of hydrogen-bond donors (Lipinski definition) is 0. The third-order valence-electron chi connectivity index (χ3n) is 2.70. The molecule has 1 aromatic heterocycles. The van der Waals surface area contributed by atoms with E-state index in [4.69, 9.17) is 15.4 Å². The number of nitrogens with zero attached hydrogens (tertiary/aromatic N) is 2. The number of benzene rings is 1. The number of ether oxygens (including phenoxy) is 1. The number of halogens is 3. The van der Waals surface area contributed by atoms with E-state index in [-0.39, 0.29) is 6.61 Å². The lowest BCUT2D eigenvalue weighted by Crippen LogP contribution is -2.07. The molecule has 5 nitrogen and oxygen atoms in total. The summed E-state index contributed by atoms with van der Waals surface area (Å²) in [7, 11) is 2.48. The van der Waals surface area contributed by atoms with Crippen molar-refractivity contribution in [3.8, 4) is 5.75 Å². The van der Waals surface area contributed by atoms with Gasteiger partial charge in [-0.1, -0.05) is 0 Å². The number of aromatic nitrogens is 2.